The zero-order chi connectivity index (χ0) is 24.2. The van der Waals surface area contributed by atoms with Gasteiger partial charge < -0.3 is 9.64 Å². The molecule has 2 fully saturated rings. The number of carbonyl (C=O) groups excluding carboxylic acids is 3. The van der Waals surface area contributed by atoms with Gasteiger partial charge >= 0.3 is 18.0 Å². The predicted molar refractivity (Wildman–Crippen MR) is 127 cm³/mol. The van der Waals surface area contributed by atoms with E-state index in [0.29, 0.717) is 51.7 Å². The molecule has 0 bridgehead atoms. The smallest absolute Gasteiger partial charge is 0.409 e. The molecule has 10 heteroatoms. The van der Waals surface area contributed by atoms with Crippen molar-refractivity contribution in [2.24, 2.45) is 4.99 Å². The first-order valence-corrected chi connectivity index (χ1v) is 11.8. The zero-order valence-electron chi connectivity index (χ0n) is 20.1. The zero-order valence-corrected chi connectivity index (χ0v) is 20.1. The number of aliphatic imine (C=N–C) groups is 1. The Morgan fingerprint density at radius 1 is 1.09 bits per heavy atom. The normalized spacial score (nSPS) is 21.2. The summed E-state index contributed by atoms with van der Waals surface area (Å²) in [5.41, 5.74) is 1.25. The lowest BCUT2D eigenvalue weighted by Gasteiger charge is -2.33. The number of carbonyl (C=O) groups is 3. The van der Waals surface area contributed by atoms with Gasteiger partial charge in [0.15, 0.2) is 0 Å². The van der Waals surface area contributed by atoms with Crippen LogP contribution >= 0.6 is 0 Å². The van der Waals surface area contributed by atoms with Gasteiger partial charge in [0.05, 0.1) is 13.2 Å². The largest absolute Gasteiger partial charge is 0.450 e. The fraction of sp³-hybridized carbons (Fsp3) is 0.542. The number of amidine groups is 2. The maximum absolute atomic E-state index is 13.1. The van der Waals surface area contributed by atoms with Crippen LogP contribution in [0.2, 0.25) is 0 Å². The van der Waals surface area contributed by atoms with Crippen LogP contribution in [0.5, 0.6) is 0 Å². The number of hydrogen-bond donors (Lipinski definition) is 0. The molecule has 182 valence electrons. The maximum atomic E-state index is 13.1. The van der Waals surface area contributed by atoms with Gasteiger partial charge in [-0.2, -0.15) is 0 Å². The minimum absolute atomic E-state index is 0.247. The number of urea groups is 1. The first-order chi connectivity index (χ1) is 16.4. The van der Waals surface area contributed by atoms with Crippen LogP contribution in [0.1, 0.15) is 18.9 Å². The number of hydrogen-bond acceptors (Lipinski definition) is 6. The number of nitrogens with zero attached hydrogens (tertiary/aromatic N) is 6. The van der Waals surface area contributed by atoms with Gasteiger partial charge in [-0.3, -0.25) is 19.5 Å². The van der Waals surface area contributed by atoms with Crippen LogP contribution in [0, 0.1) is 0 Å². The summed E-state index contributed by atoms with van der Waals surface area (Å²) >= 11 is 0. The second-order valence-electron chi connectivity index (χ2n) is 8.77. The molecule has 0 radical (unpaired) electrons. The van der Waals surface area contributed by atoms with Crippen LogP contribution in [-0.2, 0) is 16.0 Å². The molecular formula is C24H33N6O4+. The number of piperazine rings is 1. The fourth-order valence-corrected chi connectivity index (χ4v) is 4.63. The summed E-state index contributed by atoms with van der Waals surface area (Å²) in [7, 11) is 3.19. The van der Waals surface area contributed by atoms with Crippen molar-refractivity contribution >= 4 is 29.7 Å². The fourth-order valence-electron chi connectivity index (χ4n) is 4.63. The van der Waals surface area contributed by atoms with Gasteiger partial charge in [0, 0.05) is 40.3 Å². The molecule has 1 aromatic carbocycles. The number of fused-ring (bicyclic) bond motifs is 1. The molecule has 4 rings (SSSR count). The number of benzene rings is 1. The third kappa shape index (κ3) is 4.82. The second-order valence-corrected chi connectivity index (χ2v) is 8.77. The highest BCUT2D eigenvalue weighted by atomic mass is 16.6. The topological polar surface area (TPSA) is 88.8 Å². The number of imide groups is 1. The monoisotopic (exact) mass is 469 g/mol. The number of aryl methyl sites for hydroxylation is 1. The molecule has 3 aliphatic heterocycles. The van der Waals surface area contributed by atoms with E-state index in [1.54, 1.807) is 18.9 Å². The summed E-state index contributed by atoms with van der Waals surface area (Å²) in [6.45, 7) is 5.93. The maximum Gasteiger partial charge on any atom is 0.409 e. The minimum atomic E-state index is -0.584. The van der Waals surface area contributed by atoms with Gasteiger partial charge in [-0.15, -0.1) is 0 Å². The number of amides is 4. The summed E-state index contributed by atoms with van der Waals surface area (Å²) in [4.78, 5) is 49.0. The number of rotatable bonds is 7. The molecule has 0 aliphatic carbocycles. The average molecular weight is 470 g/mol. The summed E-state index contributed by atoms with van der Waals surface area (Å²) in [6.07, 6.45) is 1.47. The molecule has 1 aromatic rings. The van der Waals surface area contributed by atoms with Crippen molar-refractivity contribution in [1.29, 1.82) is 0 Å². The summed E-state index contributed by atoms with van der Waals surface area (Å²) in [5, 5.41) is 0. The Bertz CT molecular complexity index is 1000. The van der Waals surface area contributed by atoms with Gasteiger partial charge in [0.1, 0.15) is 6.54 Å². The van der Waals surface area contributed by atoms with Crippen LogP contribution in [0.15, 0.2) is 35.3 Å². The van der Waals surface area contributed by atoms with E-state index in [0.717, 1.165) is 18.7 Å². The highest BCUT2D eigenvalue weighted by Crippen LogP contribution is 2.20. The third-order valence-electron chi connectivity index (χ3n) is 6.58. The van der Waals surface area contributed by atoms with Crippen molar-refractivity contribution in [1.82, 2.24) is 19.6 Å². The van der Waals surface area contributed by atoms with Gasteiger partial charge in [-0.1, -0.05) is 30.3 Å². The van der Waals surface area contributed by atoms with Gasteiger partial charge in [-0.25, -0.2) is 14.2 Å². The van der Waals surface area contributed by atoms with Crippen LogP contribution in [0.4, 0.5) is 9.59 Å². The molecule has 0 N–H and O–H groups in total. The van der Waals surface area contributed by atoms with Gasteiger partial charge in [0.25, 0.3) is 17.8 Å². The lowest BCUT2D eigenvalue weighted by Crippen LogP contribution is -2.61. The third-order valence-corrected chi connectivity index (χ3v) is 6.58. The van der Waals surface area contributed by atoms with Crippen LogP contribution < -0.4 is 0 Å². The van der Waals surface area contributed by atoms with Crippen LogP contribution in [0.3, 0.4) is 0 Å². The second kappa shape index (κ2) is 10.3. The minimum Gasteiger partial charge on any atom is -0.450 e. The number of likely N-dealkylation sites (N-methyl/N-ethyl adjacent to an activating group) is 2. The van der Waals surface area contributed by atoms with Crippen molar-refractivity contribution in [3.63, 3.8) is 0 Å². The molecule has 2 saturated heterocycles. The standard InChI is InChI=1S/C24H33N6O4/c1-4-34-24(33)29-15-13-28(14-16-29)17-19-25-21-20(22(31)27(3)23(32)26(21)2)30(19)12-8-11-18-9-6-5-7-10-18/h5-7,9-10,20H,4,8,11-17H2,1-3H3/q+1. The Morgan fingerprint density at radius 2 is 1.79 bits per heavy atom. The van der Waals surface area contributed by atoms with E-state index in [-0.39, 0.29) is 18.0 Å². The van der Waals surface area contributed by atoms with E-state index in [4.69, 9.17) is 9.73 Å². The van der Waals surface area contributed by atoms with E-state index in [2.05, 4.69) is 21.6 Å². The molecule has 10 nitrogen and oxygen atoms in total. The molecule has 1 unspecified atom stereocenters. The van der Waals surface area contributed by atoms with E-state index in [9.17, 15) is 14.4 Å². The van der Waals surface area contributed by atoms with Crippen molar-refractivity contribution in [2.45, 2.75) is 25.8 Å². The first-order valence-electron chi connectivity index (χ1n) is 11.8. The first kappa shape index (κ1) is 23.9. The lowest BCUT2D eigenvalue weighted by molar-refractivity contribution is -0.536. The highest BCUT2D eigenvalue weighted by molar-refractivity contribution is 6.23. The van der Waals surface area contributed by atoms with Crippen molar-refractivity contribution in [3.8, 4) is 0 Å². The Kier molecular flexibility index (Phi) is 7.26. The highest BCUT2D eigenvalue weighted by Gasteiger charge is 2.52. The quantitative estimate of drug-likeness (QED) is 0.558. The molecule has 3 aliphatic rings. The van der Waals surface area contributed by atoms with E-state index >= 15 is 0 Å². The summed E-state index contributed by atoms with van der Waals surface area (Å²) in [5.74, 6) is 1.04. The van der Waals surface area contributed by atoms with E-state index < -0.39 is 6.04 Å². The SMILES string of the molecule is CCOC(=O)N1CCN(CC2=[N+](CCCc3ccccc3)C3C(=O)N(C)C(=O)N(C)C3=N2)CC1. The van der Waals surface area contributed by atoms with Crippen molar-refractivity contribution in [2.75, 3.05) is 60.0 Å². The Balaban J connectivity index is 1.49. The van der Waals surface area contributed by atoms with Gasteiger partial charge in [0.2, 0.25) is 0 Å². The molecule has 0 aromatic heterocycles. The van der Waals surface area contributed by atoms with E-state index in [1.165, 1.54) is 22.4 Å². The average Bonchev–Trinajstić information content (AvgIpc) is 3.20. The van der Waals surface area contributed by atoms with Gasteiger partial charge in [-0.05, 0) is 30.3 Å². The Hall–Kier alpha value is -3.27. The molecule has 0 spiro atoms. The molecule has 0 saturated carbocycles. The molecule has 4 amide bonds. The summed E-state index contributed by atoms with van der Waals surface area (Å²) in [6, 6.07) is 9.31. The van der Waals surface area contributed by atoms with Crippen molar-refractivity contribution in [3.05, 3.63) is 35.9 Å². The molecule has 3 heterocycles. The predicted octanol–water partition coefficient (Wildman–Crippen LogP) is 1.11. The van der Waals surface area contributed by atoms with Crippen LogP contribution in [0.25, 0.3) is 0 Å². The molecular weight excluding hydrogens is 436 g/mol. The molecule has 34 heavy (non-hydrogen) atoms. The van der Waals surface area contributed by atoms with E-state index in [1.807, 2.05) is 18.2 Å². The lowest BCUT2D eigenvalue weighted by atomic mass is 10.1. The van der Waals surface area contributed by atoms with Crippen molar-refractivity contribution < 1.29 is 23.7 Å². The number of ether oxygens (including phenoxy) is 1. The molecule has 1 atom stereocenters. The Morgan fingerprint density at radius 3 is 2.47 bits per heavy atom. The van der Waals surface area contributed by atoms with Crippen LogP contribution in [-0.4, -0.2) is 120 Å². The Labute approximate surface area is 200 Å². The summed E-state index contributed by atoms with van der Waals surface area (Å²) < 4.78 is 7.16.